The molecule has 9 nitrogen and oxygen atoms in total. The Hall–Kier alpha value is -4.63. The highest BCUT2D eigenvalue weighted by atomic mass is 16.5. The number of hydrogen-bond donors (Lipinski definition) is 2. The minimum atomic E-state index is -0.496. The lowest BCUT2D eigenvalue weighted by Gasteiger charge is -2.36. The number of nitrogens with one attached hydrogen (secondary N) is 2. The number of pyridine rings is 1. The molecule has 0 radical (unpaired) electrons. The van der Waals surface area contributed by atoms with E-state index in [4.69, 9.17) is 9.47 Å². The van der Waals surface area contributed by atoms with Gasteiger partial charge < -0.3 is 19.7 Å². The van der Waals surface area contributed by atoms with Crippen LogP contribution in [0.3, 0.4) is 0 Å². The van der Waals surface area contributed by atoms with Gasteiger partial charge in [-0.2, -0.15) is 0 Å². The van der Waals surface area contributed by atoms with E-state index in [9.17, 15) is 9.59 Å². The van der Waals surface area contributed by atoms with E-state index < -0.39 is 6.09 Å². The van der Waals surface area contributed by atoms with Crippen molar-refractivity contribution < 1.29 is 19.1 Å². The molecule has 1 aliphatic rings. The number of para-hydroxylation sites is 3. The van der Waals surface area contributed by atoms with Crippen LogP contribution < -0.4 is 20.3 Å². The second-order valence-electron chi connectivity index (χ2n) is 9.44. The van der Waals surface area contributed by atoms with Gasteiger partial charge in [-0.1, -0.05) is 36.4 Å². The molecular formula is C31H33N5O4. The Bertz CT molecular complexity index is 1470. The van der Waals surface area contributed by atoms with Crippen molar-refractivity contribution >= 4 is 40.0 Å². The zero-order valence-corrected chi connectivity index (χ0v) is 22.5. The van der Waals surface area contributed by atoms with Crippen molar-refractivity contribution in [3.63, 3.8) is 0 Å². The van der Waals surface area contributed by atoms with Crippen molar-refractivity contribution in [2.45, 2.75) is 6.92 Å². The highest BCUT2D eigenvalue weighted by Gasteiger charge is 2.18. The van der Waals surface area contributed by atoms with E-state index in [2.05, 4.69) is 31.5 Å². The number of anilines is 3. The quantitative estimate of drug-likeness (QED) is 0.300. The molecule has 0 spiro atoms. The average Bonchev–Trinajstić information content (AvgIpc) is 2.98. The molecule has 0 atom stereocenters. The zero-order valence-electron chi connectivity index (χ0n) is 22.5. The fourth-order valence-electron chi connectivity index (χ4n) is 4.67. The maximum absolute atomic E-state index is 12.9. The summed E-state index contributed by atoms with van der Waals surface area (Å²) in [6, 6.07) is 24.8. The van der Waals surface area contributed by atoms with Crippen molar-refractivity contribution in [3.8, 4) is 5.75 Å². The van der Waals surface area contributed by atoms with E-state index in [1.54, 1.807) is 12.3 Å². The smallest absolute Gasteiger partial charge is 0.411 e. The Morgan fingerprint density at radius 2 is 1.70 bits per heavy atom. The Kier molecular flexibility index (Phi) is 8.73. The predicted octanol–water partition coefficient (Wildman–Crippen LogP) is 5.26. The summed E-state index contributed by atoms with van der Waals surface area (Å²) in [5.41, 5.74) is 3.77. The maximum atomic E-state index is 12.9. The summed E-state index contributed by atoms with van der Waals surface area (Å²) in [5.74, 6) is 0.429. The van der Waals surface area contributed by atoms with E-state index in [-0.39, 0.29) is 5.91 Å². The maximum Gasteiger partial charge on any atom is 0.411 e. The Morgan fingerprint density at radius 3 is 2.55 bits per heavy atom. The first-order valence-electron chi connectivity index (χ1n) is 13.5. The van der Waals surface area contributed by atoms with Crippen LogP contribution >= 0.6 is 0 Å². The van der Waals surface area contributed by atoms with Gasteiger partial charge in [0.15, 0.2) is 0 Å². The van der Waals surface area contributed by atoms with E-state index in [1.165, 1.54) is 0 Å². The van der Waals surface area contributed by atoms with Gasteiger partial charge in [0.05, 0.1) is 23.4 Å². The molecule has 0 aliphatic carbocycles. The lowest BCUT2D eigenvalue weighted by atomic mass is 10.1. The van der Waals surface area contributed by atoms with Crippen LogP contribution in [0.5, 0.6) is 5.75 Å². The molecular weight excluding hydrogens is 506 g/mol. The van der Waals surface area contributed by atoms with Crippen molar-refractivity contribution in [3.05, 3.63) is 90.6 Å². The zero-order chi connectivity index (χ0) is 27.7. The van der Waals surface area contributed by atoms with E-state index in [1.807, 2.05) is 73.7 Å². The molecule has 2 heterocycles. The first-order chi connectivity index (χ1) is 19.6. The Labute approximate surface area is 233 Å². The van der Waals surface area contributed by atoms with Gasteiger partial charge in [-0.05, 0) is 49.4 Å². The standard InChI is InChI=1S/C31H33N5O4/c1-2-39-29-13-6-5-12-28(29)34-31(38)40-19-18-35-14-16-36(17-15-35)26-10-7-9-25(21-26)33-30(37)24-20-23-8-3-4-11-27(23)32-22-24/h3-13,20-22H,2,14-19H2,1H3,(H,33,37)(H,34,38). The van der Waals surface area contributed by atoms with Gasteiger partial charge in [0, 0.05) is 55.7 Å². The number of benzene rings is 3. The number of rotatable bonds is 9. The minimum Gasteiger partial charge on any atom is -0.492 e. The summed E-state index contributed by atoms with van der Waals surface area (Å²) in [4.78, 5) is 34.1. The normalized spacial score (nSPS) is 13.6. The van der Waals surface area contributed by atoms with Crippen molar-refractivity contribution in [2.24, 2.45) is 0 Å². The molecule has 1 saturated heterocycles. The third-order valence-electron chi connectivity index (χ3n) is 6.76. The first-order valence-corrected chi connectivity index (χ1v) is 13.5. The average molecular weight is 540 g/mol. The predicted molar refractivity (Wildman–Crippen MR) is 157 cm³/mol. The molecule has 0 bridgehead atoms. The molecule has 2 N–H and O–H groups in total. The molecule has 0 saturated carbocycles. The summed E-state index contributed by atoms with van der Waals surface area (Å²) in [7, 11) is 0. The number of aromatic nitrogens is 1. The molecule has 1 fully saturated rings. The SMILES string of the molecule is CCOc1ccccc1NC(=O)OCCN1CCN(c2cccc(NC(=O)c3cnc4ccccc4c3)c2)CC1. The second-order valence-corrected chi connectivity index (χ2v) is 9.44. The van der Waals surface area contributed by atoms with Gasteiger partial charge in [-0.25, -0.2) is 4.79 Å². The van der Waals surface area contributed by atoms with Crippen LogP contribution in [-0.2, 0) is 4.74 Å². The number of nitrogens with zero attached hydrogens (tertiary/aromatic N) is 3. The summed E-state index contributed by atoms with van der Waals surface area (Å²) in [6.45, 7) is 6.73. The van der Waals surface area contributed by atoms with Crippen molar-refractivity contribution in [1.82, 2.24) is 9.88 Å². The van der Waals surface area contributed by atoms with Gasteiger partial charge in [-0.3, -0.25) is 20.0 Å². The minimum absolute atomic E-state index is 0.189. The second kappa shape index (κ2) is 12.9. The fraction of sp³-hybridized carbons (Fsp3) is 0.258. The summed E-state index contributed by atoms with van der Waals surface area (Å²) in [5, 5.41) is 6.68. The van der Waals surface area contributed by atoms with Crippen LogP contribution in [0.1, 0.15) is 17.3 Å². The van der Waals surface area contributed by atoms with Gasteiger partial charge in [0.1, 0.15) is 12.4 Å². The molecule has 2 amide bonds. The summed E-state index contributed by atoms with van der Waals surface area (Å²) < 4.78 is 10.9. The van der Waals surface area contributed by atoms with E-state index in [0.717, 1.165) is 48.5 Å². The van der Waals surface area contributed by atoms with Crippen molar-refractivity contribution in [2.75, 3.05) is 61.5 Å². The van der Waals surface area contributed by atoms with Crippen molar-refractivity contribution in [1.29, 1.82) is 0 Å². The van der Waals surface area contributed by atoms with Crippen LogP contribution in [0.4, 0.5) is 21.9 Å². The van der Waals surface area contributed by atoms with E-state index in [0.29, 0.717) is 36.8 Å². The molecule has 3 aromatic carbocycles. The van der Waals surface area contributed by atoms with Crippen LogP contribution in [0.25, 0.3) is 10.9 Å². The topological polar surface area (TPSA) is 96.0 Å². The summed E-state index contributed by atoms with van der Waals surface area (Å²) in [6.07, 6.45) is 1.11. The monoisotopic (exact) mass is 539 g/mol. The lowest BCUT2D eigenvalue weighted by Crippen LogP contribution is -2.47. The fourth-order valence-corrected chi connectivity index (χ4v) is 4.67. The number of carbonyl (C=O) groups is 2. The Balaban J connectivity index is 1.08. The van der Waals surface area contributed by atoms with Crippen LogP contribution in [0, 0.1) is 0 Å². The lowest BCUT2D eigenvalue weighted by molar-refractivity contribution is 0.102. The molecule has 1 aliphatic heterocycles. The van der Waals surface area contributed by atoms with Crippen LogP contribution in [-0.4, -0.2) is 67.8 Å². The molecule has 40 heavy (non-hydrogen) atoms. The molecule has 206 valence electrons. The number of amides is 2. The largest absolute Gasteiger partial charge is 0.492 e. The van der Waals surface area contributed by atoms with Crippen LogP contribution in [0.2, 0.25) is 0 Å². The molecule has 5 rings (SSSR count). The van der Waals surface area contributed by atoms with Gasteiger partial charge in [-0.15, -0.1) is 0 Å². The highest BCUT2D eigenvalue weighted by Crippen LogP contribution is 2.24. The highest BCUT2D eigenvalue weighted by molar-refractivity contribution is 6.06. The number of carbonyl (C=O) groups excluding carboxylic acids is 2. The van der Waals surface area contributed by atoms with Gasteiger partial charge in [0.2, 0.25) is 0 Å². The molecule has 9 heteroatoms. The van der Waals surface area contributed by atoms with Crippen LogP contribution in [0.15, 0.2) is 85.1 Å². The van der Waals surface area contributed by atoms with Gasteiger partial charge >= 0.3 is 6.09 Å². The third kappa shape index (κ3) is 6.86. The number of fused-ring (bicyclic) bond motifs is 1. The first kappa shape index (κ1) is 27.0. The van der Waals surface area contributed by atoms with E-state index >= 15 is 0 Å². The molecule has 4 aromatic rings. The van der Waals surface area contributed by atoms with Gasteiger partial charge in [0.25, 0.3) is 5.91 Å². The third-order valence-corrected chi connectivity index (χ3v) is 6.76. The summed E-state index contributed by atoms with van der Waals surface area (Å²) >= 11 is 0. The Morgan fingerprint density at radius 1 is 0.900 bits per heavy atom. The number of ether oxygens (including phenoxy) is 2. The molecule has 1 aromatic heterocycles. The molecule has 0 unspecified atom stereocenters. The number of piperazine rings is 1. The number of hydrogen-bond acceptors (Lipinski definition) is 7.